The van der Waals surface area contributed by atoms with Crippen molar-refractivity contribution < 1.29 is 153 Å². The Kier molecular flexibility index (Phi) is 35.3. The van der Waals surface area contributed by atoms with Gasteiger partial charge in [0.25, 0.3) is 0 Å². The molecule has 0 heterocycles. The van der Waals surface area contributed by atoms with Crippen LogP contribution < -0.4 is 44.0 Å². The monoisotopic (exact) mass is 594 g/mol. The minimum atomic E-state index is -5.39. The molecule has 0 N–H and O–H groups in total. The zero-order valence-electron chi connectivity index (χ0n) is 7.65. The maximum Gasteiger partial charge on any atom is 3.00 e. The molecule has 0 bridgehead atoms. The molecule has 0 unspecified atom stereocenters. The summed E-state index contributed by atoms with van der Waals surface area (Å²) in [6, 6.07) is 0. The maximum absolute atomic E-state index is 8.55. The summed E-state index contributed by atoms with van der Waals surface area (Å²) < 4.78 is 25.6. The SMILES string of the molecule is O=P([O-])([O-])[O-].O=P([O-])([O-])[O-].O=P([O-])([O-])[O-].[Lu+3].[Sc+3].[Y+3]. The van der Waals surface area contributed by atoms with Gasteiger partial charge in [0, 0.05) is 0 Å². The second-order valence-electron chi connectivity index (χ2n) is 1.34. The molecule has 0 aromatic carbocycles. The summed E-state index contributed by atoms with van der Waals surface area (Å²) in [5.74, 6) is 0. The van der Waals surface area contributed by atoms with Crippen LogP contribution in [0.5, 0.6) is 0 Å². The van der Waals surface area contributed by atoms with Crippen molar-refractivity contribution in [3.05, 3.63) is 0 Å². The normalized spacial score (nSPS) is 9.83. The molecule has 0 amide bonds. The fraction of sp³-hybridized carbons (Fsp3) is 0. The van der Waals surface area contributed by atoms with Gasteiger partial charge in [-0.1, -0.05) is 0 Å². The second-order valence-corrected chi connectivity index (χ2v) is 4.02. The molecule has 0 saturated heterocycles. The van der Waals surface area contributed by atoms with E-state index < -0.39 is 23.5 Å². The van der Waals surface area contributed by atoms with Crippen molar-refractivity contribution >= 4 is 23.5 Å². The van der Waals surface area contributed by atoms with Gasteiger partial charge in [0.15, 0.2) is 0 Å². The molecule has 12 nitrogen and oxygen atoms in total. The molecule has 108 valence electrons. The van der Waals surface area contributed by atoms with E-state index in [1.54, 1.807) is 0 Å². The Labute approximate surface area is 174 Å². The van der Waals surface area contributed by atoms with Crippen LogP contribution in [0.2, 0.25) is 0 Å². The zero-order chi connectivity index (χ0) is 13.5. The fourth-order valence-corrected chi connectivity index (χ4v) is 0. The zero-order valence-corrected chi connectivity index (χ0v) is 16.6. The molecule has 18 heteroatoms. The van der Waals surface area contributed by atoms with E-state index in [2.05, 4.69) is 0 Å². The Bertz CT molecular complexity index is 213. The third-order valence-electron chi connectivity index (χ3n) is 0. The van der Waals surface area contributed by atoms with E-state index in [-0.39, 0.29) is 95.4 Å². The summed E-state index contributed by atoms with van der Waals surface area (Å²) in [7, 11) is -16.2. The van der Waals surface area contributed by atoms with Crippen molar-refractivity contribution in [1.82, 2.24) is 0 Å². The Balaban J connectivity index is -0.0000000277. The van der Waals surface area contributed by atoms with Crippen LogP contribution in [0.3, 0.4) is 0 Å². The van der Waals surface area contributed by atoms with Crippen molar-refractivity contribution in [3.8, 4) is 0 Å². The van der Waals surface area contributed by atoms with Gasteiger partial charge in [-0.2, -0.15) is 23.5 Å². The average molecular weight is 594 g/mol. The molecule has 0 aromatic heterocycles. The molecule has 0 radical (unpaired) electrons. The molecule has 0 aliphatic carbocycles. The molecule has 0 fully saturated rings. The Morgan fingerprint density at radius 1 is 0.500 bits per heavy atom. The van der Waals surface area contributed by atoms with Crippen LogP contribution in [0, 0.1) is 36.9 Å². The first-order valence-electron chi connectivity index (χ1n) is 2.19. The predicted octanol–water partition coefficient (Wildman–Crippen LogP) is -8.48. The van der Waals surface area contributed by atoms with Crippen LogP contribution in [-0.4, -0.2) is 0 Å². The van der Waals surface area contributed by atoms with E-state index in [9.17, 15) is 0 Å². The Morgan fingerprint density at radius 2 is 0.500 bits per heavy atom. The van der Waals surface area contributed by atoms with Crippen LogP contribution in [-0.2, 0) is 72.2 Å². The summed E-state index contributed by atoms with van der Waals surface area (Å²) >= 11 is 0. The van der Waals surface area contributed by atoms with Crippen molar-refractivity contribution in [3.63, 3.8) is 0 Å². The van der Waals surface area contributed by atoms with E-state index in [1.807, 2.05) is 0 Å². The van der Waals surface area contributed by atoms with Crippen LogP contribution in [0.15, 0.2) is 0 Å². The predicted molar refractivity (Wildman–Crippen MR) is 22.8 cm³/mol. The maximum atomic E-state index is 8.55. The average Bonchev–Trinajstić information content (AvgIpc) is 1.41. The Hall–Kier alpha value is 3.54. The van der Waals surface area contributed by atoms with Gasteiger partial charge in [-0.15, -0.1) is 0 Å². The first kappa shape index (κ1) is 37.6. The molecule has 0 saturated carbocycles. The molecule has 0 spiro atoms. The van der Waals surface area contributed by atoms with Gasteiger partial charge in [-0.3, -0.25) is 0 Å². The molecule has 0 aliphatic rings. The smallest absolute Gasteiger partial charge is 0.822 e. The minimum Gasteiger partial charge on any atom is -0.822 e. The molecular formula is LuO12P3ScY. The van der Waals surface area contributed by atoms with Gasteiger partial charge in [-0.25, -0.2) is 0 Å². The summed E-state index contributed by atoms with van der Waals surface area (Å²) in [6.45, 7) is 0. The van der Waals surface area contributed by atoms with E-state index in [0.29, 0.717) is 0 Å². The van der Waals surface area contributed by atoms with Gasteiger partial charge in [0.1, 0.15) is 0 Å². The molecular weight excluding hydrogens is 594 g/mol. The van der Waals surface area contributed by atoms with Crippen molar-refractivity contribution in [1.29, 1.82) is 0 Å². The topological polar surface area (TPSA) is 259 Å². The molecule has 0 aliphatic heterocycles. The van der Waals surface area contributed by atoms with Crippen molar-refractivity contribution in [2.24, 2.45) is 0 Å². The molecule has 0 rings (SSSR count). The quantitative estimate of drug-likeness (QED) is 0.237. The number of rotatable bonds is 0. The van der Waals surface area contributed by atoms with Crippen LogP contribution in [0.25, 0.3) is 0 Å². The van der Waals surface area contributed by atoms with Crippen LogP contribution >= 0.6 is 23.5 Å². The Morgan fingerprint density at radius 3 is 0.500 bits per heavy atom. The van der Waals surface area contributed by atoms with E-state index >= 15 is 0 Å². The third kappa shape index (κ3) is 536. The van der Waals surface area contributed by atoms with E-state index in [1.165, 1.54) is 0 Å². The molecule has 18 heavy (non-hydrogen) atoms. The third-order valence-corrected chi connectivity index (χ3v) is 0. The summed E-state index contributed by atoms with van der Waals surface area (Å²) in [4.78, 5) is 76.9. The standard InChI is InChI=1S/Lu.3H3O4P.Sc.Y/c;3*1-5(2,3)4;;/h;3*(H3,1,2,3,4);;/q+3;;;;2*+3/p-9. The largest absolute Gasteiger partial charge is 3.00 e. The van der Waals surface area contributed by atoms with E-state index in [0.717, 1.165) is 0 Å². The van der Waals surface area contributed by atoms with E-state index in [4.69, 9.17) is 57.7 Å². The van der Waals surface area contributed by atoms with Crippen molar-refractivity contribution in [2.45, 2.75) is 0 Å². The van der Waals surface area contributed by atoms with Crippen LogP contribution in [0.4, 0.5) is 0 Å². The minimum absolute atomic E-state index is 0. The first-order valence-corrected chi connectivity index (χ1v) is 6.57. The fourth-order valence-electron chi connectivity index (χ4n) is 0. The van der Waals surface area contributed by atoms with Crippen LogP contribution in [0.1, 0.15) is 0 Å². The van der Waals surface area contributed by atoms with Gasteiger partial charge < -0.3 is 57.7 Å². The summed E-state index contributed by atoms with van der Waals surface area (Å²) in [5, 5.41) is 0. The summed E-state index contributed by atoms with van der Waals surface area (Å²) in [5.41, 5.74) is 0. The van der Waals surface area contributed by atoms with Gasteiger partial charge >= 0.3 is 95.4 Å². The molecule has 0 aromatic rings. The van der Waals surface area contributed by atoms with Gasteiger partial charge in [0.2, 0.25) is 0 Å². The summed E-state index contributed by atoms with van der Waals surface area (Å²) in [6.07, 6.45) is 0. The molecule has 0 atom stereocenters. The second kappa shape index (κ2) is 16.9. The number of hydrogen-bond acceptors (Lipinski definition) is 12. The van der Waals surface area contributed by atoms with Gasteiger partial charge in [0.05, 0.1) is 0 Å². The van der Waals surface area contributed by atoms with Gasteiger partial charge in [-0.05, 0) is 0 Å². The first-order chi connectivity index (χ1) is 6.00. The number of hydrogen-bond donors (Lipinski definition) is 0. The number of phosphoric acid groups is 3. The van der Waals surface area contributed by atoms with Crippen molar-refractivity contribution in [2.75, 3.05) is 0 Å².